The zero-order valence-corrected chi connectivity index (χ0v) is 24.9. The van der Waals surface area contributed by atoms with Gasteiger partial charge in [-0.05, 0) is 60.6 Å². The van der Waals surface area contributed by atoms with E-state index in [-0.39, 0.29) is 46.6 Å². The lowest BCUT2D eigenvalue weighted by Gasteiger charge is -2.34. The number of piperidine rings is 1. The van der Waals surface area contributed by atoms with Gasteiger partial charge in [0.1, 0.15) is 30.2 Å². The molecule has 0 bridgehead atoms. The maximum absolute atomic E-state index is 14.2. The van der Waals surface area contributed by atoms with Crippen molar-refractivity contribution in [2.45, 2.75) is 65.1 Å². The second-order valence-electron chi connectivity index (χ2n) is 13.1. The van der Waals surface area contributed by atoms with Gasteiger partial charge < -0.3 is 30.9 Å². The number of Topliss-reactive ketones (excluding diaryl/α,β-unsaturated/α-hetero) is 1. The number of fused-ring (bicyclic) bond motifs is 2. The van der Waals surface area contributed by atoms with Gasteiger partial charge in [-0.25, -0.2) is 4.39 Å². The molecule has 6 atom stereocenters. The van der Waals surface area contributed by atoms with Gasteiger partial charge in [0.25, 0.3) is 5.91 Å². The van der Waals surface area contributed by atoms with E-state index in [1.165, 1.54) is 23.1 Å². The number of halogens is 1. The zero-order valence-electron chi connectivity index (χ0n) is 24.9. The first-order valence-corrected chi connectivity index (χ1v) is 14.9. The summed E-state index contributed by atoms with van der Waals surface area (Å²) in [5.74, 6) is -3.28. The Hall–Kier alpha value is -3.80. The highest BCUT2D eigenvalue weighted by atomic mass is 19.1. The largest absolute Gasteiger partial charge is 0.389 e. The molecule has 1 aliphatic carbocycles. The number of amides is 4. The fourth-order valence-corrected chi connectivity index (χ4v) is 6.98. The summed E-state index contributed by atoms with van der Waals surface area (Å²) in [5.41, 5.74) is 0.367. The highest BCUT2D eigenvalue weighted by molar-refractivity contribution is 6.01. The molecular formula is C31H40FN5O6. The first-order valence-electron chi connectivity index (χ1n) is 14.9. The second kappa shape index (κ2) is 11.7. The monoisotopic (exact) mass is 597 g/mol. The number of carbonyl (C=O) groups is 5. The van der Waals surface area contributed by atoms with Crippen molar-refractivity contribution in [1.29, 1.82) is 0 Å². The third-order valence-corrected chi connectivity index (χ3v) is 9.47. The maximum Gasteiger partial charge on any atom is 0.268 e. The molecule has 3 aliphatic rings. The van der Waals surface area contributed by atoms with Crippen molar-refractivity contribution in [3.8, 4) is 0 Å². The van der Waals surface area contributed by atoms with Gasteiger partial charge in [0.15, 0.2) is 5.78 Å². The lowest BCUT2D eigenvalue weighted by atomic mass is 9.94. The van der Waals surface area contributed by atoms with Crippen LogP contribution >= 0.6 is 0 Å². The number of H-pyrrole nitrogens is 1. The van der Waals surface area contributed by atoms with E-state index < -0.39 is 60.0 Å². The molecule has 0 unspecified atom stereocenters. The molecule has 3 heterocycles. The Labute approximate surface area is 249 Å². The summed E-state index contributed by atoms with van der Waals surface area (Å²) in [5, 5.41) is 18.1. The number of nitrogens with one attached hydrogen (secondary N) is 4. The van der Waals surface area contributed by atoms with Gasteiger partial charge in [0.05, 0.1) is 6.04 Å². The maximum atomic E-state index is 14.2. The Kier molecular flexibility index (Phi) is 8.34. The SMILES string of the molecule is CC(C)C[C@H](NC(=O)c1cc2c(F)cccc2[nH]1)C(=O)N1C[C@H]2[C@@H]([C@H]1C(=O)N[C@@H](C[C@@H]1CCNC1=O)C(=O)CO)C2(C)C. The smallest absolute Gasteiger partial charge is 0.268 e. The minimum absolute atomic E-state index is 0.0272. The van der Waals surface area contributed by atoms with E-state index in [4.69, 9.17) is 0 Å². The minimum Gasteiger partial charge on any atom is -0.389 e. The van der Waals surface area contributed by atoms with Crippen LogP contribution in [0.2, 0.25) is 0 Å². The number of rotatable bonds is 11. The van der Waals surface area contributed by atoms with Crippen LogP contribution in [0.15, 0.2) is 24.3 Å². The van der Waals surface area contributed by atoms with E-state index in [9.17, 15) is 33.5 Å². The van der Waals surface area contributed by atoms with Gasteiger partial charge in [-0.3, -0.25) is 24.0 Å². The number of benzene rings is 1. The summed E-state index contributed by atoms with van der Waals surface area (Å²) < 4.78 is 14.2. The van der Waals surface area contributed by atoms with Crippen LogP contribution in [-0.4, -0.2) is 82.2 Å². The number of hydrogen-bond acceptors (Lipinski definition) is 6. The molecule has 3 fully saturated rings. The highest BCUT2D eigenvalue weighted by Gasteiger charge is 2.69. The quantitative estimate of drug-likeness (QED) is 0.264. The Balaban J connectivity index is 1.36. The third-order valence-electron chi connectivity index (χ3n) is 9.47. The van der Waals surface area contributed by atoms with Crippen LogP contribution in [0, 0.1) is 34.9 Å². The van der Waals surface area contributed by atoms with Gasteiger partial charge >= 0.3 is 0 Å². The lowest BCUT2D eigenvalue weighted by Crippen LogP contribution is -2.58. The predicted octanol–water partition coefficient (Wildman–Crippen LogP) is 1.51. The molecule has 11 nitrogen and oxygen atoms in total. The predicted molar refractivity (Wildman–Crippen MR) is 155 cm³/mol. The minimum atomic E-state index is -1.07. The number of carbonyl (C=O) groups excluding carboxylic acids is 5. The van der Waals surface area contributed by atoms with Crippen molar-refractivity contribution in [3.63, 3.8) is 0 Å². The molecule has 43 heavy (non-hydrogen) atoms. The summed E-state index contributed by atoms with van der Waals surface area (Å²) in [6.45, 7) is 7.92. The van der Waals surface area contributed by atoms with Gasteiger partial charge in [0, 0.05) is 29.9 Å². The normalized spacial score (nSPS) is 25.3. The summed E-state index contributed by atoms with van der Waals surface area (Å²) in [6.07, 6.45) is 0.896. The summed E-state index contributed by atoms with van der Waals surface area (Å²) in [7, 11) is 0. The molecule has 2 aromatic rings. The fourth-order valence-electron chi connectivity index (χ4n) is 6.98. The third kappa shape index (κ3) is 5.89. The van der Waals surface area contributed by atoms with Crippen molar-refractivity contribution in [3.05, 3.63) is 35.8 Å². The molecule has 1 aromatic heterocycles. The van der Waals surface area contributed by atoms with Crippen LogP contribution in [0.4, 0.5) is 4.39 Å². The average molecular weight is 598 g/mol. The van der Waals surface area contributed by atoms with E-state index >= 15 is 0 Å². The van der Waals surface area contributed by atoms with Crippen LogP contribution < -0.4 is 16.0 Å². The van der Waals surface area contributed by atoms with Crippen LogP contribution in [-0.2, 0) is 19.2 Å². The number of hydrogen-bond donors (Lipinski definition) is 5. The molecule has 4 amide bonds. The van der Waals surface area contributed by atoms with Crippen molar-refractivity contribution in [2.75, 3.05) is 19.7 Å². The Bertz CT molecular complexity index is 1450. The highest BCUT2D eigenvalue weighted by Crippen LogP contribution is 2.65. The molecule has 1 saturated carbocycles. The van der Waals surface area contributed by atoms with Crippen LogP contribution in [0.5, 0.6) is 0 Å². The van der Waals surface area contributed by atoms with Crippen molar-refractivity contribution in [2.24, 2.45) is 29.1 Å². The van der Waals surface area contributed by atoms with E-state index in [2.05, 4.69) is 20.9 Å². The molecule has 2 aliphatic heterocycles. The van der Waals surface area contributed by atoms with Crippen LogP contribution in [0.1, 0.15) is 57.4 Å². The van der Waals surface area contributed by atoms with Crippen molar-refractivity contribution >= 4 is 40.3 Å². The van der Waals surface area contributed by atoms with E-state index in [0.29, 0.717) is 31.4 Å². The Morgan fingerprint density at radius 1 is 1.16 bits per heavy atom. The van der Waals surface area contributed by atoms with Gasteiger partial charge in [-0.2, -0.15) is 0 Å². The van der Waals surface area contributed by atoms with Gasteiger partial charge in [0.2, 0.25) is 17.7 Å². The standard InChI is InChI=1S/C31H40FN5O6/c1-15(2)10-23(36-28(41)22-12-17-19(32)6-5-7-20(17)34-22)30(43)37-13-18-25(31(18,3)4)26(37)29(42)35-21(24(39)14-38)11-16-8-9-33-27(16)40/h5-7,12,15-16,18,21,23,25-26,34,38H,8-11,13-14H2,1-4H3,(H,33,40)(H,35,42)(H,36,41)/t16-,18-,21-,23-,25-,26-/m0/s1. The number of aromatic amines is 1. The Morgan fingerprint density at radius 3 is 2.53 bits per heavy atom. The molecule has 5 N–H and O–H groups in total. The number of nitrogens with zero attached hydrogens (tertiary/aromatic N) is 1. The average Bonchev–Trinajstić information content (AvgIpc) is 3.47. The second-order valence-corrected chi connectivity index (χ2v) is 13.1. The van der Waals surface area contributed by atoms with Crippen molar-refractivity contribution < 1.29 is 33.5 Å². The van der Waals surface area contributed by atoms with Crippen LogP contribution in [0.3, 0.4) is 0 Å². The van der Waals surface area contributed by atoms with Gasteiger partial charge in [-0.1, -0.05) is 33.8 Å². The molecule has 0 radical (unpaired) electrons. The van der Waals surface area contributed by atoms with Crippen molar-refractivity contribution in [1.82, 2.24) is 25.8 Å². The molecule has 12 heteroatoms. The number of aliphatic hydroxyl groups excluding tert-OH is 1. The lowest BCUT2D eigenvalue weighted by molar-refractivity contribution is -0.143. The first kappa shape index (κ1) is 30.7. The van der Waals surface area contributed by atoms with Gasteiger partial charge in [-0.15, -0.1) is 0 Å². The number of aliphatic hydroxyl groups is 1. The molecular weight excluding hydrogens is 557 g/mol. The van der Waals surface area contributed by atoms with E-state index in [1.54, 1.807) is 6.07 Å². The number of ketones is 1. The molecule has 1 aromatic carbocycles. The molecule has 2 saturated heterocycles. The zero-order chi connectivity index (χ0) is 31.2. The molecule has 5 rings (SSSR count). The van der Waals surface area contributed by atoms with Crippen LogP contribution in [0.25, 0.3) is 10.9 Å². The summed E-state index contributed by atoms with van der Waals surface area (Å²) >= 11 is 0. The topological polar surface area (TPSA) is 161 Å². The first-order chi connectivity index (χ1) is 20.3. The summed E-state index contributed by atoms with van der Waals surface area (Å²) in [4.78, 5) is 70.3. The Morgan fingerprint density at radius 2 is 1.91 bits per heavy atom. The van der Waals surface area contributed by atoms with E-state index in [1.807, 2.05) is 27.7 Å². The fraction of sp³-hybridized carbons (Fsp3) is 0.581. The molecule has 232 valence electrons. The molecule has 0 spiro atoms. The summed E-state index contributed by atoms with van der Waals surface area (Å²) in [6, 6.07) is 3.00. The number of aromatic nitrogens is 1. The van der Waals surface area contributed by atoms with E-state index in [0.717, 1.165) is 0 Å². The number of likely N-dealkylation sites (tertiary alicyclic amines) is 1.